The summed E-state index contributed by atoms with van der Waals surface area (Å²) in [5.41, 5.74) is 1.37. The van der Waals surface area contributed by atoms with Crippen LogP contribution in [0.4, 0.5) is 5.69 Å². The molecule has 20 heavy (non-hydrogen) atoms. The number of benzene rings is 1. The number of hydrogen-bond acceptors (Lipinski definition) is 4. The van der Waals surface area contributed by atoms with Gasteiger partial charge in [-0.3, -0.25) is 4.68 Å². The Labute approximate surface area is 120 Å². The monoisotopic (exact) mass is 290 g/mol. The van der Waals surface area contributed by atoms with E-state index in [-0.39, 0.29) is 0 Å². The third-order valence-corrected chi connectivity index (χ3v) is 3.02. The van der Waals surface area contributed by atoms with Crippen molar-refractivity contribution in [3.63, 3.8) is 0 Å². The molecule has 0 saturated heterocycles. The highest BCUT2D eigenvalue weighted by atomic mass is 35.5. The summed E-state index contributed by atoms with van der Waals surface area (Å²) in [5, 5.41) is 25.1. The van der Waals surface area contributed by atoms with Crippen molar-refractivity contribution in [3.05, 3.63) is 46.7 Å². The maximum Gasteiger partial charge on any atom is 0.330 e. The third-order valence-electron chi connectivity index (χ3n) is 2.70. The molecule has 0 saturated carbocycles. The van der Waals surface area contributed by atoms with E-state index in [9.17, 15) is 9.90 Å². The van der Waals surface area contributed by atoms with Crippen molar-refractivity contribution < 1.29 is 9.90 Å². The van der Waals surface area contributed by atoms with E-state index in [1.807, 2.05) is 6.07 Å². The number of nitriles is 1. The van der Waals surface area contributed by atoms with Gasteiger partial charge in [0.15, 0.2) is 6.04 Å². The van der Waals surface area contributed by atoms with Crippen LogP contribution in [-0.4, -0.2) is 20.9 Å². The summed E-state index contributed by atoms with van der Waals surface area (Å²) in [6, 6.07) is 5.62. The van der Waals surface area contributed by atoms with Crippen molar-refractivity contribution in [3.8, 4) is 6.07 Å². The number of aliphatic carboxylic acids is 1. The van der Waals surface area contributed by atoms with Gasteiger partial charge in [0, 0.05) is 18.8 Å². The Bertz CT molecular complexity index is 690. The van der Waals surface area contributed by atoms with Gasteiger partial charge >= 0.3 is 5.97 Å². The number of nitrogens with one attached hydrogen (secondary N) is 1. The van der Waals surface area contributed by atoms with Gasteiger partial charge < -0.3 is 10.4 Å². The minimum absolute atomic E-state index is 0.291. The van der Waals surface area contributed by atoms with Crippen molar-refractivity contribution in [1.82, 2.24) is 9.78 Å². The van der Waals surface area contributed by atoms with Crippen molar-refractivity contribution in [2.45, 2.75) is 6.04 Å². The molecule has 1 atom stereocenters. The van der Waals surface area contributed by atoms with Crippen LogP contribution in [0, 0.1) is 11.3 Å². The lowest BCUT2D eigenvalue weighted by molar-refractivity contribution is -0.138. The molecule has 1 aromatic heterocycles. The first-order chi connectivity index (χ1) is 9.51. The van der Waals surface area contributed by atoms with Gasteiger partial charge in [-0.25, -0.2) is 4.79 Å². The molecule has 102 valence electrons. The predicted molar refractivity (Wildman–Crippen MR) is 73.4 cm³/mol. The molecule has 0 bridgehead atoms. The summed E-state index contributed by atoms with van der Waals surface area (Å²) in [5.74, 6) is -1.04. The minimum atomic E-state index is -1.04. The maximum absolute atomic E-state index is 11.4. The molecule has 2 rings (SSSR count). The highest BCUT2D eigenvalue weighted by molar-refractivity contribution is 6.33. The SMILES string of the molecule is Cn1cc(C(Nc2ccc(C#N)cc2Cl)C(=O)O)cn1. The minimum Gasteiger partial charge on any atom is -0.479 e. The molecule has 7 heteroatoms. The van der Waals surface area contributed by atoms with Gasteiger partial charge in [-0.2, -0.15) is 10.4 Å². The van der Waals surface area contributed by atoms with E-state index in [4.69, 9.17) is 16.9 Å². The predicted octanol–water partition coefficient (Wildman–Crippen LogP) is 2.18. The Morgan fingerprint density at radius 2 is 2.35 bits per heavy atom. The Hall–Kier alpha value is -2.52. The fourth-order valence-electron chi connectivity index (χ4n) is 1.73. The molecule has 1 unspecified atom stereocenters. The molecule has 0 fully saturated rings. The van der Waals surface area contributed by atoms with Crippen LogP contribution in [0.3, 0.4) is 0 Å². The first-order valence-electron chi connectivity index (χ1n) is 5.69. The number of nitrogens with zero attached hydrogens (tertiary/aromatic N) is 3. The van der Waals surface area contributed by atoms with Crippen LogP contribution in [0.15, 0.2) is 30.6 Å². The van der Waals surface area contributed by atoms with Crippen LogP contribution < -0.4 is 5.32 Å². The Balaban J connectivity index is 2.30. The molecule has 6 nitrogen and oxygen atoms in total. The summed E-state index contributed by atoms with van der Waals surface area (Å²) in [6.45, 7) is 0. The topological polar surface area (TPSA) is 90.9 Å². The van der Waals surface area contributed by atoms with Crippen LogP contribution in [0.25, 0.3) is 0 Å². The largest absolute Gasteiger partial charge is 0.479 e. The molecule has 0 amide bonds. The molecule has 0 aliphatic carbocycles. The number of rotatable bonds is 4. The summed E-state index contributed by atoms with van der Waals surface area (Å²) >= 11 is 6.02. The third kappa shape index (κ3) is 2.90. The summed E-state index contributed by atoms with van der Waals surface area (Å²) in [6.07, 6.45) is 3.09. The smallest absolute Gasteiger partial charge is 0.330 e. The van der Waals surface area contributed by atoms with Crippen LogP contribution in [-0.2, 0) is 11.8 Å². The quantitative estimate of drug-likeness (QED) is 0.900. The van der Waals surface area contributed by atoms with E-state index in [2.05, 4.69) is 10.4 Å². The number of aromatic nitrogens is 2. The summed E-state index contributed by atoms with van der Waals surface area (Å²) in [7, 11) is 1.71. The van der Waals surface area contributed by atoms with E-state index >= 15 is 0 Å². The number of carbonyl (C=O) groups is 1. The van der Waals surface area contributed by atoms with Crippen LogP contribution in [0.1, 0.15) is 17.2 Å². The van der Waals surface area contributed by atoms with Gasteiger partial charge in [0.2, 0.25) is 0 Å². The maximum atomic E-state index is 11.4. The first-order valence-corrected chi connectivity index (χ1v) is 6.06. The zero-order valence-electron chi connectivity index (χ0n) is 10.5. The van der Waals surface area contributed by atoms with Gasteiger partial charge in [0.1, 0.15) is 0 Å². The van der Waals surface area contributed by atoms with E-state index in [0.717, 1.165) is 0 Å². The number of halogens is 1. The lowest BCUT2D eigenvalue weighted by atomic mass is 10.1. The molecule has 1 aromatic carbocycles. The van der Waals surface area contributed by atoms with Crippen LogP contribution in [0.2, 0.25) is 5.02 Å². The van der Waals surface area contributed by atoms with Crippen LogP contribution in [0.5, 0.6) is 0 Å². The van der Waals surface area contributed by atoms with Crippen molar-refractivity contribution in [2.75, 3.05) is 5.32 Å². The van der Waals surface area contributed by atoms with Crippen molar-refractivity contribution in [1.29, 1.82) is 5.26 Å². The Morgan fingerprint density at radius 1 is 1.60 bits per heavy atom. The zero-order valence-corrected chi connectivity index (χ0v) is 11.3. The number of carboxylic acid groups (broad SMARTS) is 1. The fraction of sp³-hybridized carbons (Fsp3) is 0.154. The number of aryl methyl sites for hydroxylation is 1. The fourth-order valence-corrected chi connectivity index (χ4v) is 1.97. The lowest BCUT2D eigenvalue weighted by Crippen LogP contribution is -2.20. The number of carboxylic acids is 1. The standard InChI is InChI=1S/C13H11ClN4O2/c1-18-7-9(6-16-18)12(13(19)20)17-11-3-2-8(5-15)4-10(11)14/h2-4,6-7,12,17H,1H3,(H,19,20). The highest BCUT2D eigenvalue weighted by Crippen LogP contribution is 2.27. The molecular weight excluding hydrogens is 280 g/mol. The molecule has 2 aromatic rings. The second-order valence-electron chi connectivity index (χ2n) is 4.17. The molecule has 0 spiro atoms. The average molecular weight is 291 g/mol. The molecule has 0 aliphatic rings. The second kappa shape index (κ2) is 5.63. The van der Waals surface area contributed by atoms with Crippen molar-refractivity contribution in [2.24, 2.45) is 7.05 Å². The Kier molecular flexibility index (Phi) is 3.91. The van der Waals surface area contributed by atoms with Gasteiger partial charge in [-0.1, -0.05) is 11.6 Å². The number of anilines is 1. The molecular formula is C13H11ClN4O2. The van der Waals surface area contributed by atoms with Gasteiger partial charge in [-0.15, -0.1) is 0 Å². The number of hydrogen-bond donors (Lipinski definition) is 2. The second-order valence-corrected chi connectivity index (χ2v) is 4.58. The first kappa shape index (κ1) is 13.9. The highest BCUT2D eigenvalue weighted by Gasteiger charge is 2.22. The molecule has 0 aliphatic heterocycles. The summed E-state index contributed by atoms with van der Waals surface area (Å²) < 4.78 is 1.52. The van der Waals surface area contributed by atoms with E-state index in [1.54, 1.807) is 25.4 Å². The van der Waals surface area contributed by atoms with Gasteiger partial charge in [0.05, 0.1) is 28.5 Å². The van der Waals surface area contributed by atoms with Crippen LogP contribution >= 0.6 is 11.6 Å². The van der Waals surface area contributed by atoms with E-state index < -0.39 is 12.0 Å². The zero-order chi connectivity index (χ0) is 14.7. The molecule has 2 N–H and O–H groups in total. The lowest BCUT2D eigenvalue weighted by Gasteiger charge is -2.15. The van der Waals surface area contributed by atoms with E-state index in [0.29, 0.717) is 21.8 Å². The van der Waals surface area contributed by atoms with Crippen molar-refractivity contribution >= 4 is 23.3 Å². The summed E-state index contributed by atoms with van der Waals surface area (Å²) in [4.78, 5) is 11.4. The van der Waals surface area contributed by atoms with E-state index in [1.165, 1.54) is 16.9 Å². The van der Waals surface area contributed by atoms with Gasteiger partial charge in [-0.05, 0) is 18.2 Å². The Morgan fingerprint density at radius 3 is 2.85 bits per heavy atom. The molecule has 1 heterocycles. The average Bonchev–Trinajstić information content (AvgIpc) is 2.83. The normalized spacial score (nSPS) is 11.7. The van der Waals surface area contributed by atoms with Gasteiger partial charge in [0.25, 0.3) is 0 Å². The molecule has 0 radical (unpaired) electrons.